The summed E-state index contributed by atoms with van der Waals surface area (Å²) in [5, 5.41) is 12.2. The van der Waals surface area contributed by atoms with Crippen molar-refractivity contribution in [1.82, 2.24) is 9.55 Å². The van der Waals surface area contributed by atoms with Crippen molar-refractivity contribution in [3.05, 3.63) is 23.8 Å². The molecule has 1 aromatic heterocycles. The van der Waals surface area contributed by atoms with E-state index in [4.69, 9.17) is 5.26 Å². The van der Waals surface area contributed by atoms with Crippen LogP contribution in [0, 0.1) is 23.2 Å². The maximum Gasteiger partial charge on any atom is 0.226 e. The molecule has 124 valence electrons. The lowest BCUT2D eigenvalue weighted by atomic mass is 9.92. The number of nitrogens with zero attached hydrogens (tertiary/aromatic N) is 3. The lowest BCUT2D eigenvalue weighted by Crippen LogP contribution is -2.23. The Morgan fingerprint density at radius 1 is 1.42 bits per heavy atom. The first-order valence-electron chi connectivity index (χ1n) is 8.87. The van der Waals surface area contributed by atoms with Gasteiger partial charge in [-0.3, -0.25) is 10.1 Å². The molecule has 0 radical (unpaired) electrons. The van der Waals surface area contributed by atoms with E-state index in [2.05, 4.69) is 27.9 Å². The summed E-state index contributed by atoms with van der Waals surface area (Å²) in [4.78, 5) is 17.0. The fourth-order valence-electron chi connectivity index (χ4n) is 3.57. The highest BCUT2D eigenvalue weighted by atomic mass is 16.1. The van der Waals surface area contributed by atoms with Crippen LogP contribution in [0.25, 0.3) is 11.0 Å². The van der Waals surface area contributed by atoms with Crippen LogP contribution >= 0.6 is 0 Å². The van der Waals surface area contributed by atoms with Gasteiger partial charge in [-0.15, -0.1) is 0 Å². The van der Waals surface area contributed by atoms with Gasteiger partial charge in [0.25, 0.3) is 0 Å². The second kappa shape index (κ2) is 5.94. The minimum atomic E-state index is 0.0470. The average Bonchev–Trinajstić information content (AvgIpc) is 3.31. The zero-order valence-corrected chi connectivity index (χ0v) is 14.0. The molecule has 0 aliphatic heterocycles. The molecule has 2 aromatic rings. The van der Waals surface area contributed by atoms with E-state index < -0.39 is 0 Å². The SMILES string of the molecule is CC(CC(=O)Nc1nc2ccc(C#N)cc2n1C1CCC1)C1CC1. The molecule has 2 aliphatic rings. The zero-order chi connectivity index (χ0) is 16.7. The number of anilines is 1. The summed E-state index contributed by atoms with van der Waals surface area (Å²) in [7, 11) is 0. The van der Waals surface area contributed by atoms with Crippen molar-refractivity contribution in [3.8, 4) is 6.07 Å². The number of hydrogen-bond acceptors (Lipinski definition) is 3. The van der Waals surface area contributed by atoms with Crippen LogP contribution in [-0.2, 0) is 4.79 Å². The lowest BCUT2D eigenvalue weighted by molar-refractivity contribution is -0.117. The summed E-state index contributed by atoms with van der Waals surface area (Å²) < 4.78 is 2.12. The summed E-state index contributed by atoms with van der Waals surface area (Å²) in [6, 6.07) is 8.09. The molecule has 5 heteroatoms. The molecule has 1 aromatic carbocycles. The summed E-state index contributed by atoms with van der Waals surface area (Å²) in [6.45, 7) is 2.16. The Balaban J connectivity index is 1.63. The molecule has 0 bridgehead atoms. The Kier molecular flexibility index (Phi) is 3.76. The maximum absolute atomic E-state index is 12.4. The second-order valence-corrected chi connectivity index (χ2v) is 7.27. The van der Waals surface area contributed by atoms with Gasteiger partial charge >= 0.3 is 0 Å². The van der Waals surface area contributed by atoms with Gasteiger partial charge in [0.2, 0.25) is 11.9 Å². The molecule has 4 rings (SSSR count). The molecule has 1 unspecified atom stereocenters. The van der Waals surface area contributed by atoms with Gasteiger partial charge in [-0.05, 0) is 62.1 Å². The van der Waals surface area contributed by atoms with E-state index >= 15 is 0 Å². The maximum atomic E-state index is 12.4. The Hall–Kier alpha value is -2.35. The van der Waals surface area contributed by atoms with Crippen LogP contribution in [0.3, 0.4) is 0 Å². The predicted molar refractivity (Wildman–Crippen MR) is 92.5 cm³/mol. The number of hydrogen-bond donors (Lipinski definition) is 1. The first-order chi connectivity index (χ1) is 11.7. The summed E-state index contributed by atoms with van der Waals surface area (Å²) in [6.07, 6.45) is 6.47. The Morgan fingerprint density at radius 3 is 2.83 bits per heavy atom. The number of carbonyl (C=O) groups is 1. The van der Waals surface area contributed by atoms with Crippen molar-refractivity contribution < 1.29 is 4.79 Å². The topological polar surface area (TPSA) is 70.7 Å². The van der Waals surface area contributed by atoms with Crippen molar-refractivity contribution in [2.45, 2.75) is 51.5 Å². The molecule has 1 heterocycles. The highest BCUT2D eigenvalue weighted by Crippen LogP contribution is 2.39. The minimum Gasteiger partial charge on any atom is -0.307 e. The molecule has 1 atom stereocenters. The molecule has 0 saturated heterocycles. The predicted octanol–water partition coefficient (Wildman–Crippen LogP) is 4.01. The van der Waals surface area contributed by atoms with Gasteiger partial charge in [-0.2, -0.15) is 5.26 Å². The number of amides is 1. The Labute approximate surface area is 141 Å². The van der Waals surface area contributed by atoms with Crippen molar-refractivity contribution in [1.29, 1.82) is 5.26 Å². The van der Waals surface area contributed by atoms with Crippen LogP contribution in [0.4, 0.5) is 5.95 Å². The molecule has 5 nitrogen and oxygen atoms in total. The summed E-state index contributed by atoms with van der Waals surface area (Å²) >= 11 is 0. The molecular formula is C19H22N4O. The summed E-state index contributed by atoms with van der Waals surface area (Å²) in [5.41, 5.74) is 2.42. The largest absolute Gasteiger partial charge is 0.307 e. The van der Waals surface area contributed by atoms with E-state index in [9.17, 15) is 4.79 Å². The van der Waals surface area contributed by atoms with Crippen LogP contribution in [0.2, 0.25) is 0 Å². The number of carbonyl (C=O) groups excluding carboxylic acids is 1. The lowest BCUT2D eigenvalue weighted by Gasteiger charge is -2.29. The molecule has 2 fully saturated rings. The van der Waals surface area contributed by atoms with Gasteiger partial charge in [0.15, 0.2) is 0 Å². The quantitative estimate of drug-likeness (QED) is 0.904. The van der Waals surface area contributed by atoms with Crippen LogP contribution in [0.5, 0.6) is 0 Å². The van der Waals surface area contributed by atoms with Crippen LogP contribution in [-0.4, -0.2) is 15.5 Å². The van der Waals surface area contributed by atoms with Crippen molar-refractivity contribution in [2.24, 2.45) is 11.8 Å². The molecule has 1 N–H and O–H groups in total. The smallest absolute Gasteiger partial charge is 0.226 e. The van der Waals surface area contributed by atoms with E-state index in [1.165, 1.54) is 19.3 Å². The highest BCUT2D eigenvalue weighted by Gasteiger charge is 2.30. The number of imidazole rings is 1. The average molecular weight is 322 g/mol. The third kappa shape index (κ3) is 2.77. The minimum absolute atomic E-state index is 0.0470. The molecular weight excluding hydrogens is 300 g/mol. The van der Waals surface area contributed by atoms with Crippen molar-refractivity contribution in [2.75, 3.05) is 5.32 Å². The Morgan fingerprint density at radius 2 is 2.21 bits per heavy atom. The fraction of sp³-hybridized carbons (Fsp3) is 0.526. The number of aromatic nitrogens is 2. The third-order valence-corrected chi connectivity index (χ3v) is 5.44. The van der Waals surface area contributed by atoms with E-state index in [0.717, 1.165) is 29.8 Å². The van der Waals surface area contributed by atoms with E-state index in [1.807, 2.05) is 12.1 Å². The van der Waals surface area contributed by atoms with Crippen molar-refractivity contribution >= 4 is 22.9 Å². The standard InChI is InChI=1S/C19H22N4O/c1-12(14-6-7-14)9-18(24)22-19-21-16-8-5-13(11-20)10-17(16)23(19)15-3-2-4-15/h5,8,10,12,14-15H,2-4,6-7,9H2,1H3,(H,21,22,24). The van der Waals surface area contributed by atoms with Gasteiger partial charge in [0.05, 0.1) is 22.7 Å². The molecule has 24 heavy (non-hydrogen) atoms. The molecule has 0 spiro atoms. The zero-order valence-electron chi connectivity index (χ0n) is 14.0. The number of rotatable bonds is 5. The molecule has 2 aliphatic carbocycles. The van der Waals surface area contributed by atoms with E-state index in [-0.39, 0.29) is 5.91 Å². The normalized spacial score (nSPS) is 18.8. The van der Waals surface area contributed by atoms with E-state index in [0.29, 0.717) is 29.9 Å². The monoisotopic (exact) mass is 322 g/mol. The van der Waals surface area contributed by atoms with Gasteiger partial charge in [-0.1, -0.05) is 6.92 Å². The number of fused-ring (bicyclic) bond motifs is 1. The van der Waals surface area contributed by atoms with Crippen LogP contribution in [0.15, 0.2) is 18.2 Å². The van der Waals surface area contributed by atoms with Gasteiger partial charge in [0, 0.05) is 12.5 Å². The molecule has 2 saturated carbocycles. The first-order valence-corrected chi connectivity index (χ1v) is 8.87. The number of nitriles is 1. The second-order valence-electron chi connectivity index (χ2n) is 7.27. The highest BCUT2D eigenvalue weighted by molar-refractivity contribution is 5.92. The molecule has 1 amide bonds. The number of nitrogens with one attached hydrogen (secondary N) is 1. The van der Waals surface area contributed by atoms with E-state index in [1.54, 1.807) is 6.07 Å². The third-order valence-electron chi connectivity index (χ3n) is 5.44. The van der Waals surface area contributed by atoms with Crippen LogP contribution in [0.1, 0.15) is 57.1 Å². The van der Waals surface area contributed by atoms with Gasteiger partial charge in [0.1, 0.15) is 0 Å². The van der Waals surface area contributed by atoms with Crippen molar-refractivity contribution in [3.63, 3.8) is 0 Å². The Bertz CT molecular complexity index is 824. The fourth-order valence-corrected chi connectivity index (χ4v) is 3.57. The number of benzene rings is 1. The first kappa shape index (κ1) is 15.2. The van der Waals surface area contributed by atoms with Gasteiger partial charge in [-0.25, -0.2) is 4.98 Å². The van der Waals surface area contributed by atoms with Crippen LogP contribution < -0.4 is 5.32 Å². The van der Waals surface area contributed by atoms with Gasteiger partial charge < -0.3 is 4.57 Å². The summed E-state index contributed by atoms with van der Waals surface area (Å²) in [5.74, 6) is 1.85.